The van der Waals surface area contributed by atoms with E-state index < -0.39 is 10.4 Å². The standard InChI is InChI=1S/C20H22N2O6S/c1-12-7-5-6-8-15(12)11-26-19-17-16(13(2)14(3)22(17)9-10-25-4)18-20(21-19)28-29(23,24)27-18/h5-8H,9-11H2,1-4H3. The minimum atomic E-state index is -4.18. The molecule has 4 rings (SSSR count). The Labute approximate surface area is 169 Å². The van der Waals surface area contributed by atoms with Crippen LogP contribution in [0.3, 0.4) is 0 Å². The van der Waals surface area contributed by atoms with Gasteiger partial charge in [-0.15, -0.1) is 8.42 Å². The lowest BCUT2D eigenvalue weighted by Crippen LogP contribution is -2.08. The van der Waals surface area contributed by atoms with Gasteiger partial charge >= 0.3 is 10.4 Å². The fourth-order valence-corrected chi connectivity index (χ4v) is 4.20. The summed E-state index contributed by atoms with van der Waals surface area (Å²) in [6, 6.07) is 7.88. The van der Waals surface area contributed by atoms with Crippen LogP contribution in [0.1, 0.15) is 22.4 Å². The Balaban J connectivity index is 1.88. The minimum absolute atomic E-state index is 0.0972. The van der Waals surface area contributed by atoms with Gasteiger partial charge in [0.1, 0.15) is 12.1 Å². The molecule has 0 unspecified atom stereocenters. The molecule has 0 atom stereocenters. The van der Waals surface area contributed by atoms with Gasteiger partial charge in [-0.2, -0.15) is 4.98 Å². The van der Waals surface area contributed by atoms with Crippen LogP contribution in [0, 0.1) is 20.8 Å². The maximum Gasteiger partial charge on any atom is 0.502 e. The first-order valence-corrected chi connectivity index (χ1v) is 10.5. The molecule has 154 valence electrons. The highest BCUT2D eigenvalue weighted by Gasteiger charge is 2.36. The minimum Gasteiger partial charge on any atom is -0.471 e. The van der Waals surface area contributed by atoms with Crippen LogP contribution in [-0.2, 0) is 28.3 Å². The summed E-state index contributed by atoms with van der Waals surface area (Å²) >= 11 is 0. The van der Waals surface area contributed by atoms with Gasteiger partial charge in [-0.1, -0.05) is 24.3 Å². The lowest BCUT2D eigenvalue weighted by molar-refractivity contribution is 0.187. The van der Waals surface area contributed by atoms with Crippen molar-refractivity contribution < 1.29 is 26.3 Å². The Morgan fingerprint density at radius 3 is 2.62 bits per heavy atom. The van der Waals surface area contributed by atoms with Gasteiger partial charge in [0.05, 0.1) is 12.0 Å². The summed E-state index contributed by atoms with van der Waals surface area (Å²) in [5.41, 5.74) is 4.58. The Kier molecular flexibility index (Phi) is 4.87. The van der Waals surface area contributed by atoms with E-state index in [1.54, 1.807) is 7.11 Å². The van der Waals surface area contributed by atoms with Gasteiger partial charge in [0.25, 0.3) is 5.88 Å². The molecule has 0 fully saturated rings. The van der Waals surface area contributed by atoms with E-state index in [2.05, 4.69) is 4.98 Å². The average molecular weight is 418 g/mol. The van der Waals surface area contributed by atoms with Gasteiger partial charge in [-0.05, 0) is 37.5 Å². The molecule has 1 aliphatic rings. The third-order valence-corrected chi connectivity index (χ3v) is 5.90. The fourth-order valence-electron chi connectivity index (χ4n) is 3.50. The largest absolute Gasteiger partial charge is 0.502 e. The molecule has 9 heteroatoms. The second-order valence-corrected chi connectivity index (χ2v) is 8.07. The molecule has 0 saturated carbocycles. The van der Waals surface area contributed by atoms with Crippen LogP contribution in [0.15, 0.2) is 24.3 Å². The molecule has 0 spiro atoms. The Morgan fingerprint density at radius 2 is 1.90 bits per heavy atom. The molecule has 0 aliphatic carbocycles. The molecule has 0 N–H and O–H groups in total. The summed E-state index contributed by atoms with van der Waals surface area (Å²) < 4.78 is 47.1. The zero-order valence-corrected chi connectivity index (χ0v) is 17.5. The van der Waals surface area contributed by atoms with Gasteiger partial charge in [-0.3, -0.25) is 0 Å². The molecule has 3 aromatic rings. The molecule has 0 amide bonds. The van der Waals surface area contributed by atoms with Crippen molar-refractivity contribution in [3.05, 3.63) is 46.6 Å². The normalized spacial score (nSPS) is 14.5. The third kappa shape index (κ3) is 3.40. The second-order valence-electron chi connectivity index (χ2n) is 6.92. The number of pyridine rings is 1. The zero-order chi connectivity index (χ0) is 20.8. The van der Waals surface area contributed by atoms with Crippen LogP contribution in [0.4, 0.5) is 0 Å². The van der Waals surface area contributed by atoms with E-state index in [4.69, 9.17) is 17.8 Å². The summed E-state index contributed by atoms with van der Waals surface area (Å²) in [5.74, 6) is 0.277. The van der Waals surface area contributed by atoms with Crippen LogP contribution in [0.2, 0.25) is 0 Å². The lowest BCUT2D eigenvalue weighted by Gasteiger charge is -2.13. The number of hydrogen-bond donors (Lipinski definition) is 0. The van der Waals surface area contributed by atoms with Crippen molar-refractivity contribution in [2.75, 3.05) is 13.7 Å². The van der Waals surface area contributed by atoms with Crippen molar-refractivity contribution in [2.24, 2.45) is 0 Å². The number of hydrogen-bond acceptors (Lipinski definition) is 7. The number of rotatable bonds is 6. The summed E-state index contributed by atoms with van der Waals surface area (Å²) in [6.07, 6.45) is 0. The smallest absolute Gasteiger partial charge is 0.471 e. The van der Waals surface area contributed by atoms with E-state index >= 15 is 0 Å². The van der Waals surface area contributed by atoms with Crippen LogP contribution < -0.4 is 13.1 Å². The number of nitrogens with zero attached hydrogens (tertiary/aromatic N) is 2. The molecule has 1 aliphatic heterocycles. The summed E-state index contributed by atoms with van der Waals surface area (Å²) in [7, 11) is -2.55. The van der Waals surface area contributed by atoms with E-state index in [1.807, 2.05) is 49.6 Å². The molecule has 0 radical (unpaired) electrons. The molecule has 3 heterocycles. The number of aryl methyl sites for hydroxylation is 2. The van der Waals surface area contributed by atoms with Crippen LogP contribution in [0.5, 0.6) is 17.5 Å². The molecule has 2 aromatic heterocycles. The van der Waals surface area contributed by atoms with E-state index in [9.17, 15) is 8.42 Å². The van der Waals surface area contributed by atoms with Crippen molar-refractivity contribution in [3.8, 4) is 17.5 Å². The van der Waals surface area contributed by atoms with Crippen LogP contribution in [-0.4, -0.2) is 31.7 Å². The van der Waals surface area contributed by atoms with Gasteiger partial charge in [0.15, 0.2) is 0 Å². The molecule has 1 aromatic carbocycles. The second kappa shape index (κ2) is 7.23. The molecule has 29 heavy (non-hydrogen) atoms. The van der Waals surface area contributed by atoms with Gasteiger partial charge in [-0.25, -0.2) is 0 Å². The lowest BCUT2D eigenvalue weighted by atomic mass is 10.1. The van der Waals surface area contributed by atoms with Crippen molar-refractivity contribution in [3.63, 3.8) is 0 Å². The molecule has 8 nitrogen and oxygen atoms in total. The number of benzene rings is 1. The van der Waals surface area contributed by atoms with Crippen molar-refractivity contribution in [2.45, 2.75) is 33.9 Å². The number of fused-ring (bicyclic) bond motifs is 3. The Morgan fingerprint density at radius 1 is 1.14 bits per heavy atom. The quantitative estimate of drug-likeness (QED) is 0.607. The van der Waals surface area contributed by atoms with Gasteiger partial charge in [0, 0.05) is 19.3 Å². The van der Waals surface area contributed by atoms with E-state index in [0.29, 0.717) is 24.1 Å². The predicted octanol–water partition coefficient (Wildman–Crippen LogP) is 3.20. The maximum absolute atomic E-state index is 11.9. The highest BCUT2D eigenvalue weighted by atomic mass is 32.3. The topological polar surface area (TPSA) is 88.9 Å². The summed E-state index contributed by atoms with van der Waals surface area (Å²) in [4.78, 5) is 4.33. The van der Waals surface area contributed by atoms with Crippen LogP contribution >= 0.6 is 0 Å². The van der Waals surface area contributed by atoms with Crippen molar-refractivity contribution >= 4 is 21.3 Å². The first-order valence-electron chi connectivity index (χ1n) is 9.16. The maximum atomic E-state index is 11.9. The molecular weight excluding hydrogens is 396 g/mol. The average Bonchev–Trinajstić information content (AvgIpc) is 3.12. The monoisotopic (exact) mass is 418 g/mol. The predicted molar refractivity (Wildman–Crippen MR) is 107 cm³/mol. The van der Waals surface area contributed by atoms with E-state index in [0.717, 1.165) is 22.4 Å². The number of methoxy groups -OCH3 is 1. The SMILES string of the molecule is COCCn1c(C)c(C)c2c3c(nc(OCc4ccccc4C)c21)OS(=O)(=O)O3. The fraction of sp³-hybridized carbons (Fsp3) is 0.350. The van der Waals surface area contributed by atoms with E-state index in [1.165, 1.54) is 0 Å². The van der Waals surface area contributed by atoms with Gasteiger partial charge < -0.3 is 22.4 Å². The first-order chi connectivity index (χ1) is 13.8. The zero-order valence-electron chi connectivity index (χ0n) is 16.7. The first kappa shape index (κ1) is 19.5. The van der Waals surface area contributed by atoms with Crippen molar-refractivity contribution in [1.82, 2.24) is 9.55 Å². The highest BCUT2D eigenvalue weighted by molar-refractivity contribution is 7.82. The summed E-state index contributed by atoms with van der Waals surface area (Å²) in [5, 5.41) is 0.615. The van der Waals surface area contributed by atoms with Gasteiger partial charge in [0.2, 0.25) is 11.6 Å². The Bertz CT molecular complexity index is 1200. The molecule has 0 bridgehead atoms. The third-order valence-electron chi connectivity index (χ3n) is 5.17. The number of aromatic nitrogens is 2. The highest BCUT2D eigenvalue weighted by Crippen LogP contribution is 2.46. The van der Waals surface area contributed by atoms with E-state index in [-0.39, 0.29) is 24.1 Å². The Hall–Kier alpha value is -2.78. The van der Waals surface area contributed by atoms with Crippen molar-refractivity contribution in [1.29, 1.82) is 0 Å². The number of ether oxygens (including phenoxy) is 2. The summed E-state index contributed by atoms with van der Waals surface area (Å²) in [6.45, 7) is 7.18. The van der Waals surface area contributed by atoms with Crippen LogP contribution in [0.25, 0.3) is 10.9 Å². The molecule has 0 saturated heterocycles. The molecular formula is C20H22N2O6S.